The van der Waals surface area contributed by atoms with Gasteiger partial charge in [0.25, 0.3) is 5.91 Å². The van der Waals surface area contributed by atoms with Crippen molar-refractivity contribution in [3.05, 3.63) is 57.2 Å². The molecule has 1 fully saturated rings. The maximum Gasteiger partial charge on any atom is 0.255 e. The largest absolute Gasteiger partial charge is 0.368 e. The van der Waals surface area contributed by atoms with Crippen LogP contribution in [0.25, 0.3) is 0 Å². The van der Waals surface area contributed by atoms with Crippen molar-refractivity contribution in [3.8, 4) is 0 Å². The average molecular weight is 545 g/mol. The van der Waals surface area contributed by atoms with E-state index >= 15 is 0 Å². The monoisotopic (exact) mass is 545 g/mol. The lowest BCUT2D eigenvalue weighted by atomic mass is 10.1. The van der Waals surface area contributed by atoms with Gasteiger partial charge in [0.05, 0.1) is 4.90 Å². The van der Waals surface area contributed by atoms with Crippen molar-refractivity contribution in [1.29, 1.82) is 0 Å². The van der Waals surface area contributed by atoms with Crippen LogP contribution in [0.5, 0.6) is 0 Å². The molecule has 0 spiro atoms. The number of hydrogen-bond donors (Lipinski definition) is 2. The van der Waals surface area contributed by atoms with Gasteiger partial charge in [-0.05, 0) is 71.5 Å². The van der Waals surface area contributed by atoms with Crippen LogP contribution in [-0.2, 0) is 14.8 Å². The topological polar surface area (TPSA) is 110 Å². The van der Waals surface area contributed by atoms with Gasteiger partial charge in [-0.2, -0.15) is 16.1 Å². The summed E-state index contributed by atoms with van der Waals surface area (Å²) in [5.41, 5.74) is 7.46. The maximum absolute atomic E-state index is 12.9. The minimum absolute atomic E-state index is 0.0542. The number of amides is 2. The summed E-state index contributed by atoms with van der Waals surface area (Å²) in [5, 5.41) is 2.76. The number of benzene rings is 2. The number of anilines is 1. The van der Waals surface area contributed by atoms with Crippen LogP contribution in [0.1, 0.15) is 15.9 Å². The molecule has 0 bridgehead atoms. The Labute approximate surface area is 187 Å². The fourth-order valence-electron chi connectivity index (χ4n) is 2.88. The maximum atomic E-state index is 12.9. The van der Waals surface area contributed by atoms with Gasteiger partial charge >= 0.3 is 0 Å². The van der Waals surface area contributed by atoms with Gasteiger partial charge in [-0.25, -0.2) is 8.42 Å². The number of primary amides is 1. The second kappa shape index (κ2) is 9.02. The highest BCUT2D eigenvalue weighted by molar-refractivity contribution is 14.1. The van der Waals surface area contributed by atoms with Crippen LogP contribution in [-0.4, -0.2) is 48.6 Å². The van der Waals surface area contributed by atoms with Crippen molar-refractivity contribution in [3.63, 3.8) is 0 Å². The lowest BCUT2D eigenvalue weighted by molar-refractivity contribution is -0.121. The first-order valence-corrected chi connectivity index (χ1v) is 12.4. The number of nitrogens with zero attached hydrogens (tertiary/aromatic N) is 1. The van der Waals surface area contributed by atoms with Crippen molar-refractivity contribution in [1.82, 2.24) is 4.31 Å². The number of nitrogens with one attached hydrogen (secondary N) is 1. The third-order valence-corrected chi connectivity index (χ3v) is 8.67. The Hall–Kier alpha value is -1.63. The Kier molecular flexibility index (Phi) is 6.87. The Morgan fingerprint density at radius 2 is 1.90 bits per heavy atom. The van der Waals surface area contributed by atoms with Crippen molar-refractivity contribution in [2.24, 2.45) is 5.73 Å². The predicted molar refractivity (Wildman–Crippen MR) is 122 cm³/mol. The highest BCUT2D eigenvalue weighted by atomic mass is 127. The van der Waals surface area contributed by atoms with Crippen LogP contribution in [0.15, 0.2) is 47.4 Å². The minimum Gasteiger partial charge on any atom is -0.368 e. The quantitative estimate of drug-likeness (QED) is 0.562. The number of halogens is 1. The molecule has 7 nitrogen and oxygen atoms in total. The average Bonchev–Trinajstić information content (AvgIpc) is 2.70. The van der Waals surface area contributed by atoms with Gasteiger partial charge in [0.2, 0.25) is 15.9 Å². The summed E-state index contributed by atoms with van der Waals surface area (Å²) in [6.45, 7) is 2.19. The summed E-state index contributed by atoms with van der Waals surface area (Å²) in [6.07, 6.45) is 0. The number of rotatable bonds is 5. The van der Waals surface area contributed by atoms with Crippen molar-refractivity contribution in [2.75, 3.05) is 23.4 Å². The molecule has 3 N–H and O–H groups in total. The normalized spacial score (nSPS) is 17.7. The van der Waals surface area contributed by atoms with E-state index in [1.807, 2.05) is 13.0 Å². The van der Waals surface area contributed by atoms with Crippen molar-refractivity contribution >= 4 is 61.9 Å². The van der Waals surface area contributed by atoms with E-state index < -0.39 is 22.0 Å². The molecule has 0 saturated carbocycles. The second-order valence-corrected chi connectivity index (χ2v) is 10.8. The van der Waals surface area contributed by atoms with Crippen LogP contribution < -0.4 is 11.1 Å². The lowest BCUT2D eigenvalue weighted by Gasteiger charge is -2.32. The van der Waals surface area contributed by atoms with Gasteiger partial charge in [0.15, 0.2) is 0 Å². The fourth-order valence-corrected chi connectivity index (χ4v) is 6.26. The van der Waals surface area contributed by atoms with Gasteiger partial charge in [-0.1, -0.05) is 6.07 Å². The standard InChI is InChI=1S/C19H20IN3O4S2/c1-12-2-3-13(10-16(12)20)19(25)22-14-4-6-15(7-5-14)29(26,27)23-8-9-28-11-17(23)18(21)24/h2-7,10,17H,8-9,11H2,1H3,(H2,21,24)(H,22,25). The number of aryl methyl sites for hydroxylation is 1. The molecule has 0 radical (unpaired) electrons. The molecule has 2 aromatic carbocycles. The molecule has 1 aliphatic heterocycles. The third kappa shape index (κ3) is 4.93. The third-order valence-electron chi connectivity index (χ3n) is 4.56. The zero-order chi connectivity index (χ0) is 21.2. The van der Waals surface area contributed by atoms with Crippen LogP contribution in [0.2, 0.25) is 0 Å². The van der Waals surface area contributed by atoms with E-state index in [4.69, 9.17) is 5.73 Å². The molecule has 1 aliphatic rings. The Morgan fingerprint density at radius 1 is 1.21 bits per heavy atom. The molecule has 1 atom stereocenters. The summed E-state index contributed by atoms with van der Waals surface area (Å²) < 4.78 is 28.0. The Balaban J connectivity index is 1.77. The van der Waals surface area contributed by atoms with Gasteiger partial charge in [-0.15, -0.1) is 0 Å². The first kappa shape index (κ1) is 22.1. The molecular weight excluding hydrogens is 525 g/mol. The van der Waals surface area contributed by atoms with E-state index in [-0.39, 0.29) is 17.3 Å². The number of carbonyl (C=O) groups is 2. The molecule has 29 heavy (non-hydrogen) atoms. The number of nitrogens with two attached hydrogens (primary N) is 1. The molecule has 2 amide bonds. The summed E-state index contributed by atoms with van der Waals surface area (Å²) in [5.74, 6) is 0.0163. The molecule has 1 unspecified atom stereocenters. The van der Waals surface area contributed by atoms with Gasteiger partial charge < -0.3 is 11.1 Å². The molecule has 1 saturated heterocycles. The molecule has 0 aliphatic carbocycles. The predicted octanol–water partition coefficient (Wildman–Crippen LogP) is 2.44. The van der Waals surface area contributed by atoms with Crippen molar-refractivity contribution in [2.45, 2.75) is 17.9 Å². The Bertz CT molecular complexity index is 1040. The fraction of sp³-hybridized carbons (Fsp3) is 0.263. The van der Waals surface area contributed by atoms with E-state index in [9.17, 15) is 18.0 Å². The van der Waals surface area contributed by atoms with E-state index in [1.54, 1.807) is 12.1 Å². The van der Waals surface area contributed by atoms with E-state index in [0.29, 0.717) is 22.8 Å². The summed E-state index contributed by atoms with van der Waals surface area (Å²) >= 11 is 3.67. The molecular formula is C19H20IN3O4S2. The first-order chi connectivity index (χ1) is 13.7. The van der Waals surface area contributed by atoms with E-state index in [0.717, 1.165) is 13.4 Å². The minimum atomic E-state index is -3.86. The zero-order valence-corrected chi connectivity index (χ0v) is 19.4. The van der Waals surface area contributed by atoms with Gasteiger partial charge in [-0.3, -0.25) is 9.59 Å². The molecule has 2 aromatic rings. The SMILES string of the molecule is Cc1ccc(C(=O)Nc2ccc(S(=O)(=O)N3CCSCC3C(N)=O)cc2)cc1I. The summed E-state index contributed by atoms with van der Waals surface area (Å²) in [6, 6.07) is 10.4. The highest BCUT2D eigenvalue weighted by Gasteiger charge is 2.36. The van der Waals surface area contributed by atoms with Crippen molar-refractivity contribution < 1.29 is 18.0 Å². The van der Waals surface area contributed by atoms with Gasteiger partial charge in [0.1, 0.15) is 6.04 Å². The van der Waals surface area contributed by atoms with E-state index in [1.165, 1.54) is 36.0 Å². The molecule has 0 aromatic heterocycles. The highest BCUT2D eigenvalue weighted by Crippen LogP contribution is 2.25. The molecule has 1 heterocycles. The number of hydrogen-bond acceptors (Lipinski definition) is 5. The van der Waals surface area contributed by atoms with E-state index in [2.05, 4.69) is 27.9 Å². The number of thioether (sulfide) groups is 1. The molecule has 3 rings (SSSR count). The second-order valence-electron chi connectivity index (χ2n) is 6.55. The van der Waals surface area contributed by atoms with Crippen LogP contribution in [0.4, 0.5) is 5.69 Å². The lowest BCUT2D eigenvalue weighted by Crippen LogP contribution is -2.52. The molecule has 10 heteroatoms. The Morgan fingerprint density at radius 3 is 2.52 bits per heavy atom. The smallest absolute Gasteiger partial charge is 0.255 e. The van der Waals surface area contributed by atoms with Crippen LogP contribution >= 0.6 is 34.4 Å². The van der Waals surface area contributed by atoms with Crippen LogP contribution in [0, 0.1) is 10.5 Å². The van der Waals surface area contributed by atoms with Gasteiger partial charge in [0, 0.05) is 32.9 Å². The molecule has 154 valence electrons. The summed E-state index contributed by atoms with van der Waals surface area (Å²) in [7, 11) is -3.86. The number of sulfonamides is 1. The first-order valence-electron chi connectivity index (χ1n) is 8.76. The summed E-state index contributed by atoms with van der Waals surface area (Å²) in [4.78, 5) is 24.1. The zero-order valence-electron chi connectivity index (χ0n) is 15.6. The number of carbonyl (C=O) groups excluding carboxylic acids is 2. The van der Waals surface area contributed by atoms with Crippen LogP contribution in [0.3, 0.4) is 0 Å².